The van der Waals surface area contributed by atoms with Crippen LogP contribution in [-0.4, -0.2) is 46.9 Å². The fraction of sp³-hybridized carbons (Fsp3) is 0.391. The largest absolute Gasteiger partial charge is 0.392 e. The molecule has 4 rings (SSSR count). The summed E-state index contributed by atoms with van der Waals surface area (Å²) in [6.07, 6.45) is -1.11. The van der Waals surface area contributed by atoms with Crippen molar-refractivity contribution in [2.45, 2.75) is 41.0 Å². The number of carbonyl (C=O) groups excluding carboxylic acids is 1. The maximum atomic E-state index is 11.9. The highest BCUT2D eigenvalue weighted by Crippen LogP contribution is 2.43. The minimum atomic E-state index is -2.06. The number of ether oxygens (including phenoxy) is 2. The lowest BCUT2D eigenvalue weighted by molar-refractivity contribution is -0.268. The van der Waals surface area contributed by atoms with Crippen molar-refractivity contribution >= 4 is 58.2 Å². The number of carbonyl (C=O) groups is 1. The molecule has 3 aromatic rings. The predicted molar refractivity (Wildman–Crippen MR) is 138 cm³/mol. The molecule has 0 aliphatic carbocycles. The van der Waals surface area contributed by atoms with Crippen molar-refractivity contribution in [2.24, 2.45) is 13.0 Å². The molecule has 192 valence electrons. The Hall–Kier alpha value is -1.92. The molecule has 1 aromatic heterocycles. The van der Waals surface area contributed by atoms with Gasteiger partial charge in [0.2, 0.25) is 5.16 Å². The van der Waals surface area contributed by atoms with Gasteiger partial charge in [-0.2, -0.15) is 0 Å². The van der Waals surface area contributed by atoms with Gasteiger partial charge in [-0.05, 0) is 33.7 Å². The molecule has 1 aliphatic heterocycles. The number of amides is 1. The quantitative estimate of drug-likeness (QED) is 0.312. The number of alkyl halides is 3. The topological polar surface area (TPSA) is 111 Å². The monoisotopic (exact) mass is 571 g/mol. The number of benzene rings is 2. The number of hydrogen-bond donors (Lipinski definition) is 2. The van der Waals surface area contributed by atoms with E-state index < -0.39 is 16.0 Å². The van der Waals surface area contributed by atoms with Gasteiger partial charge < -0.3 is 19.9 Å². The van der Waals surface area contributed by atoms with Crippen molar-refractivity contribution in [3.05, 3.63) is 65.2 Å². The van der Waals surface area contributed by atoms with Gasteiger partial charge in [0.25, 0.3) is 9.70 Å². The van der Waals surface area contributed by atoms with Crippen LogP contribution in [0.25, 0.3) is 0 Å². The Kier molecular flexibility index (Phi) is 8.77. The molecule has 0 unspecified atom stereocenters. The first kappa shape index (κ1) is 27.1. The van der Waals surface area contributed by atoms with E-state index >= 15 is 0 Å². The van der Waals surface area contributed by atoms with Crippen LogP contribution in [0.4, 0.5) is 5.69 Å². The summed E-state index contributed by atoms with van der Waals surface area (Å²) in [5, 5.41) is 24.3. The van der Waals surface area contributed by atoms with Crippen LogP contribution >= 0.6 is 46.6 Å². The molecule has 1 saturated heterocycles. The molecular formula is C23H24Cl3N5O4S. The highest BCUT2D eigenvalue weighted by atomic mass is 35.6. The summed E-state index contributed by atoms with van der Waals surface area (Å²) in [4.78, 5) is 11.9. The zero-order chi connectivity index (χ0) is 25.9. The van der Waals surface area contributed by atoms with Crippen molar-refractivity contribution in [1.29, 1.82) is 0 Å². The maximum absolute atomic E-state index is 11.9. The Morgan fingerprint density at radius 1 is 1.11 bits per heavy atom. The highest BCUT2D eigenvalue weighted by molar-refractivity contribution is 7.99. The third-order valence-electron chi connectivity index (χ3n) is 5.78. The zero-order valence-corrected chi connectivity index (χ0v) is 22.4. The van der Waals surface area contributed by atoms with E-state index in [9.17, 15) is 9.90 Å². The van der Waals surface area contributed by atoms with Gasteiger partial charge in [0.15, 0.2) is 6.29 Å². The molecule has 0 bridgehead atoms. The van der Waals surface area contributed by atoms with Crippen LogP contribution in [0, 0.1) is 5.92 Å². The van der Waals surface area contributed by atoms with Crippen molar-refractivity contribution in [3.8, 4) is 0 Å². The summed E-state index contributed by atoms with van der Waals surface area (Å²) in [6, 6.07) is 14.6. The Morgan fingerprint density at radius 3 is 2.36 bits per heavy atom. The van der Waals surface area contributed by atoms with Gasteiger partial charge in [-0.15, -0.1) is 5.10 Å². The number of nitrogens with one attached hydrogen (secondary N) is 1. The van der Waals surface area contributed by atoms with Gasteiger partial charge in [0, 0.05) is 30.0 Å². The molecule has 1 aliphatic rings. The number of thioether (sulfide) groups is 1. The third kappa shape index (κ3) is 6.49. The lowest BCUT2D eigenvalue weighted by Gasteiger charge is -2.41. The normalized spacial score (nSPS) is 22.4. The zero-order valence-electron chi connectivity index (χ0n) is 19.3. The molecular weight excluding hydrogens is 549 g/mol. The van der Waals surface area contributed by atoms with Crippen LogP contribution in [-0.2, 0) is 27.9 Å². The highest BCUT2D eigenvalue weighted by Gasteiger charge is 2.38. The molecule has 13 heteroatoms. The first-order valence-electron chi connectivity index (χ1n) is 11.0. The fourth-order valence-electron chi connectivity index (χ4n) is 3.74. The minimum absolute atomic E-state index is 0.0118. The number of aromatic nitrogens is 4. The fourth-order valence-corrected chi connectivity index (χ4v) is 4.89. The van der Waals surface area contributed by atoms with E-state index in [1.807, 2.05) is 24.3 Å². The number of aryl methyl sites for hydroxylation is 1. The van der Waals surface area contributed by atoms with Crippen molar-refractivity contribution in [3.63, 3.8) is 0 Å². The first-order chi connectivity index (χ1) is 17.2. The van der Waals surface area contributed by atoms with E-state index in [2.05, 4.69) is 27.8 Å². The molecule has 0 saturated carbocycles. The average Bonchev–Trinajstić information content (AvgIpc) is 3.28. The summed E-state index contributed by atoms with van der Waals surface area (Å²) in [6.45, 7) is 2.05. The third-order valence-corrected chi connectivity index (χ3v) is 7.39. The van der Waals surface area contributed by atoms with Gasteiger partial charge in [0.05, 0.1) is 18.8 Å². The van der Waals surface area contributed by atoms with Crippen LogP contribution in [0.3, 0.4) is 0 Å². The predicted octanol–water partition coefficient (Wildman–Crippen LogP) is 4.59. The number of anilines is 1. The molecule has 1 fully saturated rings. The summed E-state index contributed by atoms with van der Waals surface area (Å²) in [5.41, 5.74) is 3.04. The van der Waals surface area contributed by atoms with Crippen LogP contribution in [0.2, 0.25) is 0 Å². The number of aliphatic hydroxyl groups is 1. The second-order valence-electron chi connectivity index (χ2n) is 8.29. The summed E-state index contributed by atoms with van der Waals surface area (Å²) >= 11 is 18.4. The molecule has 36 heavy (non-hydrogen) atoms. The van der Waals surface area contributed by atoms with E-state index in [0.717, 1.165) is 16.7 Å². The summed E-state index contributed by atoms with van der Waals surface area (Å²) in [5.74, 6) is -0.128. The Balaban J connectivity index is 1.55. The first-order valence-corrected chi connectivity index (χ1v) is 13.1. The van der Waals surface area contributed by atoms with Gasteiger partial charge in [-0.1, -0.05) is 89.9 Å². The Bertz CT molecular complexity index is 1170. The number of hydrogen-bond acceptors (Lipinski definition) is 8. The number of aliphatic hydroxyl groups excluding tert-OH is 1. The second-order valence-corrected chi connectivity index (χ2v) is 11.6. The molecule has 9 nitrogen and oxygen atoms in total. The molecule has 2 aromatic carbocycles. The standard InChI is InChI=1S/C23H24Cl3N5O4S/c1-13-18(12-36-22-28-29-30-31(22)2)34-20(35-19(13)15-5-3-14(11-32)4-6-15)16-7-9-17(10-8-16)27-21(33)23(24,25)26/h3-10,13,18-20,32H,11-12H2,1-2H3,(H,27,33)/t13-,18+,19+,20+/m1/s1. The molecule has 2 N–H and O–H groups in total. The van der Waals surface area contributed by atoms with Crippen molar-refractivity contribution in [1.82, 2.24) is 20.2 Å². The van der Waals surface area contributed by atoms with E-state index in [1.54, 1.807) is 36.0 Å². The molecule has 1 amide bonds. The molecule has 4 atom stereocenters. The van der Waals surface area contributed by atoms with Crippen LogP contribution in [0.15, 0.2) is 53.7 Å². The van der Waals surface area contributed by atoms with Gasteiger partial charge in [-0.3, -0.25) is 4.79 Å². The Labute approximate surface area is 227 Å². The maximum Gasteiger partial charge on any atom is 0.276 e. The van der Waals surface area contributed by atoms with Gasteiger partial charge in [-0.25, -0.2) is 4.68 Å². The molecule has 0 radical (unpaired) electrons. The van der Waals surface area contributed by atoms with Gasteiger partial charge in [0.1, 0.15) is 0 Å². The summed E-state index contributed by atoms with van der Waals surface area (Å²) < 4.78 is 12.4. The van der Waals surface area contributed by atoms with E-state index in [1.165, 1.54) is 11.8 Å². The van der Waals surface area contributed by atoms with Crippen LogP contribution in [0.1, 0.15) is 36.0 Å². The number of rotatable bonds is 7. The summed E-state index contributed by atoms with van der Waals surface area (Å²) in [7, 11) is 1.79. The number of nitrogens with zero attached hydrogens (tertiary/aromatic N) is 4. The van der Waals surface area contributed by atoms with Gasteiger partial charge >= 0.3 is 0 Å². The lowest BCUT2D eigenvalue weighted by atomic mass is 9.91. The Morgan fingerprint density at radius 2 is 1.78 bits per heavy atom. The van der Waals surface area contributed by atoms with E-state index in [-0.39, 0.29) is 24.7 Å². The number of halogens is 3. The minimum Gasteiger partial charge on any atom is -0.392 e. The SMILES string of the molecule is C[C@@H]1[C@H](CSc2nnnn2C)O[C@H](c2ccc(NC(=O)C(Cl)(Cl)Cl)cc2)O[C@@H]1c1ccc(CO)cc1. The van der Waals surface area contributed by atoms with E-state index in [4.69, 9.17) is 44.3 Å². The molecule has 0 spiro atoms. The van der Waals surface area contributed by atoms with E-state index in [0.29, 0.717) is 16.6 Å². The second kappa shape index (κ2) is 11.6. The number of tetrazole rings is 1. The smallest absolute Gasteiger partial charge is 0.276 e. The molecule has 2 heterocycles. The average molecular weight is 573 g/mol. The van der Waals surface area contributed by atoms with Crippen molar-refractivity contribution < 1.29 is 19.4 Å². The van der Waals surface area contributed by atoms with Crippen LogP contribution in [0.5, 0.6) is 0 Å². The lowest BCUT2D eigenvalue weighted by Crippen LogP contribution is -2.38. The van der Waals surface area contributed by atoms with Crippen LogP contribution < -0.4 is 5.32 Å². The van der Waals surface area contributed by atoms with Crippen molar-refractivity contribution in [2.75, 3.05) is 11.1 Å².